The molecule has 2 rings (SSSR count). The standard InChI is InChI=1S/C13H22N4O2/c1-5-9-15-12(16-19-9)17-8-6-7-13(2,3)10(14-4)11(17)18/h10,14H,5-8H2,1-4H3. The van der Waals surface area contributed by atoms with Crippen molar-refractivity contribution >= 4 is 11.9 Å². The van der Waals surface area contributed by atoms with Gasteiger partial charge >= 0.3 is 0 Å². The minimum Gasteiger partial charge on any atom is -0.337 e. The van der Waals surface area contributed by atoms with Gasteiger partial charge in [-0.25, -0.2) is 0 Å². The molecule has 0 aliphatic carbocycles. The second-order valence-electron chi connectivity index (χ2n) is 5.65. The lowest BCUT2D eigenvalue weighted by Crippen LogP contribution is -2.51. The molecule has 1 fully saturated rings. The number of carbonyl (C=O) groups excluding carboxylic acids is 1. The molecule has 1 saturated heterocycles. The molecular formula is C13H22N4O2. The molecule has 0 radical (unpaired) electrons. The summed E-state index contributed by atoms with van der Waals surface area (Å²) < 4.78 is 5.10. The summed E-state index contributed by atoms with van der Waals surface area (Å²) in [6, 6.07) is -0.224. The first kappa shape index (κ1) is 14.0. The second kappa shape index (κ2) is 5.28. The van der Waals surface area contributed by atoms with Gasteiger partial charge in [0.2, 0.25) is 11.8 Å². The molecule has 19 heavy (non-hydrogen) atoms. The number of hydrogen-bond acceptors (Lipinski definition) is 5. The van der Waals surface area contributed by atoms with Gasteiger partial charge in [-0.05, 0) is 30.5 Å². The van der Waals surface area contributed by atoms with E-state index in [0.717, 1.165) is 12.8 Å². The van der Waals surface area contributed by atoms with E-state index in [4.69, 9.17) is 4.52 Å². The first-order chi connectivity index (χ1) is 8.99. The van der Waals surface area contributed by atoms with Crippen LogP contribution in [0.2, 0.25) is 0 Å². The van der Waals surface area contributed by atoms with Crippen LogP contribution in [0.1, 0.15) is 39.5 Å². The minimum absolute atomic E-state index is 0.0217. The molecule has 0 saturated carbocycles. The predicted molar refractivity (Wildman–Crippen MR) is 71.9 cm³/mol. The molecular weight excluding hydrogens is 244 g/mol. The van der Waals surface area contributed by atoms with Crippen LogP contribution in [-0.2, 0) is 11.2 Å². The lowest BCUT2D eigenvalue weighted by molar-refractivity contribution is -0.122. The van der Waals surface area contributed by atoms with Crippen LogP contribution in [0.3, 0.4) is 0 Å². The molecule has 1 aliphatic heterocycles. The van der Waals surface area contributed by atoms with Crippen molar-refractivity contribution in [2.24, 2.45) is 5.41 Å². The quantitative estimate of drug-likeness (QED) is 0.894. The Bertz CT molecular complexity index is 455. The molecule has 1 atom stereocenters. The number of amides is 1. The zero-order valence-electron chi connectivity index (χ0n) is 12.1. The number of anilines is 1. The van der Waals surface area contributed by atoms with Gasteiger partial charge in [0.25, 0.3) is 5.95 Å². The fourth-order valence-electron chi connectivity index (χ4n) is 2.65. The average Bonchev–Trinajstić information content (AvgIpc) is 2.79. The summed E-state index contributed by atoms with van der Waals surface area (Å²) in [6.45, 7) is 6.82. The van der Waals surface area contributed by atoms with E-state index in [1.807, 2.05) is 14.0 Å². The Morgan fingerprint density at radius 3 is 2.84 bits per heavy atom. The van der Waals surface area contributed by atoms with E-state index in [1.165, 1.54) is 0 Å². The highest BCUT2D eigenvalue weighted by Gasteiger charge is 2.40. The molecule has 1 aliphatic rings. The number of nitrogens with one attached hydrogen (secondary N) is 1. The lowest BCUT2D eigenvalue weighted by Gasteiger charge is -2.31. The number of nitrogens with zero attached hydrogens (tertiary/aromatic N) is 3. The van der Waals surface area contributed by atoms with Crippen molar-refractivity contribution in [3.05, 3.63) is 5.89 Å². The second-order valence-corrected chi connectivity index (χ2v) is 5.65. The molecule has 1 aromatic heterocycles. The Labute approximate surface area is 113 Å². The van der Waals surface area contributed by atoms with Crippen LogP contribution in [0.5, 0.6) is 0 Å². The van der Waals surface area contributed by atoms with Gasteiger partial charge in [0, 0.05) is 13.0 Å². The highest BCUT2D eigenvalue weighted by atomic mass is 16.5. The third-order valence-electron chi connectivity index (χ3n) is 3.79. The number of carbonyl (C=O) groups is 1. The Kier molecular flexibility index (Phi) is 3.89. The molecule has 6 heteroatoms. The van der Waals surface area contributed by atoms with Crippen molar-refractivity contribution in [3.63, 3.8) is 0 Å². The molecule has 0 aromatic carbocycles. The highest BCUT2D eigenvalue weighted by molar-refractivity contribution is 5.96. The summed E-state index contributed by atoms with van der Waals surface area (Å²) in [5.41, 5.74) is -0.0715. The molecule has 1 unspecified atom stereocenters. The number of rotatable bonds is 3. The van der Waals surface area contributed by atoms with Crippen LogP contribution in [0.15, 0.2) is 4.52 Å². The van der Waals surface area contributed by atoms with E-state index in [1.54, 1.807) is 4.90 Å². The number of aromatic nitrogens is 2. The van der Waals surface area contributed by atoms with E-state index in [-0.39, 0.29) is 17.4 Å². The smallest absolute Gasteiger partial charge is 0.272 e. The summed E-state index contributed by atoms with van der Waals surface area (Å²) in [7, 11) is 1.82. The Morgan fingerprint density at radius 2 is 2.26 bits per heavy atom. The van der Waals surface area contributed by atoms with Crippen LogP contribution in [0.25, 0.3) is 0 Å². The van der Waals surface area contributed by atoms with Gasteiger partial charge in [-0.1, -0.05) is 20.8 Å². The number of likely N-dealkylation sites (N-methyl/N-ethyl adjacent to an activating group) is 1. The van der Waals surface area contributed by atoms with Crippen molar-refractivity contribution < 1.29 is 9.32 Å². The Morgan fingerprint density at radius 1 is 1.53 bits per heavy atom. The minimum atomic E-state index is -0.224. The molecule has 6 nitrogen and oxygen atoms in total. The molecule has 1 aromatic rings. The van der Waals surface area contributed by atoms with E-state index in [0.29, 0.717) is 24.8 Å². The fraction of sp³-hybridized carbons (Fsp3) is 0.769. The number of hydrogen-bond donors (Lipinski definition) is 1. The van der Waals surface area contributed by atoms with Crippen molar-refractivity contribution in [1.82, 2.24) is 15.5 Å². The van der Waals surface area contributed by atoms with E-state index in [2.05, 4.69) is 29.3 Å². The third kappa shape index (κ3) is 2.63. The van der Waals surface area contributed by atoms with Crippen LogP contribution >= 0.6 is 0 Å². The van der Waals surface area contributed by atoms with Gasteiger partial charge in [-0.2, -0.15) is 4.98 Å². The van der Waals surface area contributed by atoms with Crippen LogP contribution in [-0.4, -0.2) is 35.7 Å². The Balaban J connectivity index is 2.28. The van der Waals surface area contributed by atoms with Gasteiger partial charge in [0.15, 0.2) is 0 Å². The third-order valence-corrected chi connectivity index (χ3v) is 3.79. The molecule has 0 spiro atoms. The summed E-state index contributed by atoms with van der Waals surface area (Å²) in [6.07, 6.45) is 2.60. The average molecular weight is 266 g/mol. The maximum absolute atomic E-state index is 12.6. The van der Waals surface area contributed by atoms with Crippen LogP contribution < -0.4 is 10.2 Å². The van der Waals surface area contributed by atoms with Crippen molar-refractivity contribution in [2.45, 2.75) is 46.1 Å². The lowest BCUT2D eigenvalue weighted by atomic mass is 9.80. The highest BCUT2D eigenvalue weighted by Crippen LogP contribution is 2.32. The van der Waals surface area contributed by atoms with Gasteiger partial charge in [-0.15, -0.1) is 0 Å². The maximum Gasteiger partial charge on any atom is 0.272 e. The van der Waals surface area contributed by atoms with Gasteiger partial charge in [0.05, 0.1) is 6.04 Å². The summed E-state index contributed by atoms with van der Waals surface area (Å²) >= 11 is 0. The summed E-state index contributed by atoms with van der Waals surface area (Å²) in [5.74, 6) is 0.973. The maximum atomic E-state index is 12.6. The molecule has 1 N–H and O–H groups in total. The largest absolute Gasteiger partial charge is 0.337 e. The van der Waals surface area contributed by atoms with Gasteiger partial charge in [0.1, 0.15) is 0 Å². The van der Waals surface area contributed by atoms with Crippen molar-refractivity contribution in [1.29, 1.82) is 0 Å². The summed E-state index contributed by atoms with van der Waals surface area (Å²) in [4.78, 5) is 18.5. The SMILES string of the molecule is CCc1nc(N2CCCC(C)(C)C(NC)C2=O)no1. The van der Waals surface area contributed by atoms with Gasteiger partial charge < -0.3 is 9.84 Å². The predicted octanol–water partition coefficient (Wildman–Crippen LogP) is 1.37. The van der Waals surface area contributed by atoms with Crippen molar-refractivity contribution in [3.8, 4) is 0 Å². The molecule has 2 heterocycles. The summed E-state index contributed by atoms with van der Waals surface area (Å²) in [5, 5.41) is 7.04. The zero-order chi connectivity index (χ0) is 14.0. The van der Waals surface area contributed by atoms with Crippen molar-refractivity contribution in [2.75, 3.05) is 18.5 Å². The monoisotopic (exact) mass is 266 g/mol. The first-order valence-corrected chi connectivity index (χ1v) is 6.81. The topological polar surface area (TPSA) is 71.3 Å². The first-order valence-electron chi connectivity index (χ1n) is 6.81. The molecule has 106 valence electrons. The van der Waals surface area contributed by atoms with Crippen LogP contribution in [0.4, 0.5) is 5.95 Å². The zero-order valence-corrected chi connectivity index (χ0v) is 12.1. The normalized spacial score (nSPS) is 23.5. The van der Waals surface area contributed by atoms with E-state index >= 15 is 0 Å². The van der Waals surface area contributed by atoms with E-state index in [9.17, 15) is 4.79 Å². The molecule has 1 amide bonds. The van der Waals surface area contributed by atoms with E-state index < -0.39 is 0 Å². The number of aryl methyl sites for hydroxylation is 1. The Hall–Kier alpha value is -1.43. The van der Waals surface area contributed by atoms with Gasteiger partial charge in [-0.3, -0.25) is 9.69 Å². The molecule has 0 bridgehead atoms. The van der Waals surface area contributed by atoms with Crippen LogP contribution in [0, 0.1) is 5.41 Å². The fourth-order valence-corrected chi connectivity index (χ4v) is 2.65.